The van der Waals surface area contributed by atoms with Gasteiger partial charge in [-0.3, -0.25) is 0 Å². The average Bonchev–Trinajstić information content (AvgIpc) is 3.09. The molecular formula is C19H21F2NO2S. The number of benzene rings is 2. The van der Waals surface area contributed by atoms with Crippen LogP contribution in [-0.2, 0) is 16.4 Å². The number of aryl methyl sites for hydroxylation is 1. The molecule has 0 heterocycles. The van der Waals surface area contributed by atoms with E-state index in [1.165, 1.54) is 18.2 Å². The summed E-state index contributed by atoms with van der Waals surface area (Å²) < 4.78 is 49.0. The Morgan fingerprint density at radius 3 is 2.24 bits per heavy atom. The number of halogens is 2. The van der Waals surface area contributed by atoms with Crippen LogP contribution in [0, 0.1) is 23.0 Å². The third-order valence-electron chi connectivity index (χ3n) is 5.35. The van der Waals surface area contributed by atoms with Gasteiger partial charge in [0, 0.05) is 0 Å². The van der Waals surface area contributed by atoms with Crippen LogP contribution in [0.25, 0.3) is 0 Å². The summed E-state index contributed by atoms with van der Waals surface area (Å²) in [5, 5.41) is 5.13. The standard InChI is InChI=1S/C19H21F2NO2S/c1-19(2)15(9-3-12-4-10-16(20)17(21)11-12)18(19)13-5-7-14(8-6-13)25(22,23)24/h4-8,10-11,15,18H,3,9H2,1-2H3,(H2,22,23,24). The maximum atomic E-state index is 13.3. The van der Waals surface area contributed by atoms with Crippen molar-refractivity contribution in [3.05, 3.63) is 65.2 Å². The van der Waals surface area contributed by atoms with Gasteiger partial charge >= 0.3 is 0 Å². The summed E-state index contributed by atoms with van der Waals surface area (Å²) in [4.78, 5) is 0.105. The lowest BCUT2D eigenvalue weighted by Gasteiger charge is -2.04. The molecule has 1 aliphatic carbocycles. The molecule has 0 saturated heterocycles. The molecule has 1 fully saturated rings. The van der Waals surface area contributed by atoms with Gasteiger partial charge in [0.1, 0.15) is 0 Å². The molecule has 134 valence electrons. The molecule has 1 aliphatic rings. The van der Waals surface area contributed by atoms with Crippen molar-refractivity contribution in [1.82, 2.24) is 0 Å². The van der Waals surface area contributed by atoms with Gasteiger partial charge in [0.05, 0.1) is 4.90 Å². The Kier molecular flexibility index (Phi) is 4.45. The van der Waals surface area contributed by atoms with Gasteiger partial charge in [0.25, 0.3) is 0 Å². The topological polar surface area (TPSA) is 60.2 Å². The van der Waals surface area contributed by atoms with Crippen molar-refractivity contribution >= 4 is 10.0 Å². The van der Waals surface area contributed by atoms with Crippen molar-refractivity contribution in [2.24, 2.45) is 16.5 Å². The molecule has 2 unspecified atom stereocenters. The molecule has 2 aromatic rings. The number of hydrogen-bond acceptors (Lipinski definition) is 2. The minimum Gasteiger partial charge on any atom is -0.225 e. The monoisotopic (exact) mass is 365 g/mol. The minimum atomic E-state index is -3.69. The molecule has 2 N–H and O–H groups in total. The van der Waals surface area contributed by atoms with Crippen molar-refractivity contribution in [2.75, 3.05) is 0 Å². The summed E-state index contributed by atoms with van der Waals surface area (Å²) in [6.45, 7) is 4.34. The quantitative estimate of drug-likeness (QED) is 0.871. The highest BCUT2D eigenvalue weighted by Crippen LogP contribution is 2.66. The molecule has 25 heavy (non-hydrogen) atoms. The van der Waals surface area contributed by atoms with E-state index in [9.17, 15) is 17.2 Å². The zero-order valence-corrected chi connectivity index (χ0v) is 15.0. The molecule has 0 radical (unpaired) electrons. The maximum Gasteiger partial charge on any atom is 0.238 e. The summed E-state index contributed by atoms with van der Waals surface area (Å²) in [6.07, 6.45) is 1.54. The minimum absolute atomic E-state index is 0.0850. The number of nitrogens with two attached hydrogens (primary N) is 1. The predicted molar refractivity (Wildman–Crippen MR) is 92.5 cm³/mol. The van der Waals surface area contributed by atoms with E-state index < -0.39 is 21.7 Å². The van der Waals surface area contributed by atoms with Crippen molar-refractivity contribution in [3.8, 4) is 0 Å². The largest absolute Gasteiger partial charge is 0.238 e. The molecular weight excluding hydrogens is 344 g/mol. The van der Waals surface area contributed by atoms with E-state index in [1.807, 2.05) is 12.1 Å². The van der Waals surface area contributed by atoms with Crippen LogP contribution in [-0.4, -0.2) is 8.42 Å². The summed E-state index contributed by atoms with van der Waals surface area (Å²) in [7, 11) is -3.69. The normalized spacial score (nSPS) is 22.0. The lowest BCUT2D eigenvalue weighted by molar-refractivity contribution is 0.504. The molecule has 2 aromatic carbocycles. The van der Waals surface area contributed by atoms with Gasteiger partial charge in [0.2, 0.25) is 10.0 Å². The van der Waals surface area contributed by atoms with Gasteiger partial charge in [0.15, 0.2) is 11.6 Å². The fraction of sp³-hybridized carbons (Fsp3) is 0.368. The van der Waals surface area contributed by atoms with Crippen LogP contribution in [0.15, 0.2) is 47.4 Å². The highest BCUT2D eigenvalue weighted by atomic mass is 32.2. The number of rotatable bonds is 5. The van der Waals surface area contributed by atoms with E-state index in [1.54, 1.807) is 6.07 Å². The molecule has 0 spiro atoms. The van der Waals surface area contributed by atoms with Crippen molar-refractivity contribution in [2.45, 2.75) is 37.5 Å². The third kappa shape index (κ3) is 3.60. The Morgan fingerprint density at radius 2 is 1.68 bits per heavy atom. The highest BCUT2D eigenvalue weighted by Gasteiger charge is 2.57. The molecule has 2 atom stereocenters. The first-order valence-corrected chi connectivity index (χ1v) is 9.72. The van der Waals surface area contributed by atoms with Crippen LogP contribution >= 0.6 is 0 Å². The lowest BCUT2D eigenvalue weighted by atomic mass is 10.0. The molecule has 6 heteroatoms. The fourth-order valence-electron chi connectivity index (χ4n) is 3.83. The average molecular weight is 365 g/mol. The molecule has 0 aliphatic heterocycles. The highest BCUT2D eigenvalue weighted by molar-refractivity contribution is 7.89. The molecule has 3 nitrogen and oxygen atoms in total. The van der Waals surface area contributed by atoms with Crippen LogP contribution in [0.2, 0.25) is 0 Å². The van der Waals surface area contributed by atoms with Crippen molar-refractivity contribution in [1.29, 1.82) is 0 Å². The van der Waals surface area contributed by atoms with Gasteiger partial charge in [-0.2, -0.15) is 0 Å². The van der Waals surface area contributed by atoms with Crippen molar-refractivity contribution < 1.29 is 17.2 Å². The predicted octanol–water partition coefficient (Wildman–Crippen LogP) is 3.98. The Morgan fingerprint density at radius 1 is 1.04 bits per heavy atom. The first-order chi connectivity index (χ1) is 11.6. The maximum absolute atomic E-state index is 13.3. The number of sulfonamides is 1. The summed E-state index contributed by atoms with van der Waals surface area (Å²) >= 11 is 0. The number of hydrogen-bond donors (Lipinski definition) is 1. The SMILES string of the molecule is CC1(C)C(CCc2ccc(F)c(F)c2)C1c1ccc(S(N)(=O)=O)cc1. The van der Waals surface area contributed by atoms with E-state index in [-0.39, 0.29) is 10.3 Å². The Balaban J connectivity index is 1.70. The van der Waals surface area contributed by atoms with Crippen molar-refractivity contribution in [3.63, 3.8) is 0 Å². The molecule has 3 rings (SSSR count). The van der Waals surface area contributed by atoms with Crippen LogP contribution in [0.4, 0.5) is 8.78 Å². The van der Waals surface area contributed by atoms with Crippen LogP contribution in [0.1, 0.15) is 37.3 Å². The van der Waals surface area contributed by atoms with Gasteiger partial charge in [-0.05, 0) is 65.5 Å². The fourth-order valence-corrected chi connectivity index (χ4v) is 4.34. The second-order valence-electron chi connectivity index (χ2n) is 7.31. The Hall–Kier alpha value is -1.79. The Labute approximate surface area is 146 Å². The van der Waals surface area contributed by atoms with E-state index in [0.717, 1.165) is 23.6 Å². The summed E-state index contributed by atoms with van der Waals surface area (Å²) in [5.74, 6) is -0.931. The van der Waals surface area contributed by atoms with Gasteiger partial charge in [-0.15, -0.1) is 0 Å². The second-order valence-corrected chi connectivity index (χ2v) is 8.87. The zero-order valence-electron chi connectivity index (χ0n) is 14.2. The number of primary sulfonamides is 1. The van der Waals surface area contributed by atoms with E-state index in [0.29, 0.717) is 18.3 Å². The van der Waals surface area contributed by atoms with Crippen LogP contribution in [0.3, 0.4) is 0 Å². The van der Waals surface area contributed by atoms with Gasteiger partial charge in [-0.25, -0.2) is 22.3 Å². The van der Waals surface area contributed by atoms with E-state index in [4.69, 9.17) is 5.14 Å². The van der Waals surface area contributed by atoms with Crippen LogP contribution < -0.4 is 5.14 Å². The first kappa shape index (κ1) is 18.0. The second kappa shape index (κ2) is 6.18. The summed E-state index contributed by atoms with van der Waals surface area (Å²) in [6, 6.07) is 10.7. The van der Waals surface area contributed by atoms with E-state index >= 15 is 0 Å². The first-order valence-electron chi connectivity index (χ1n) is 8.17. The molecule has 0 bridgehead atoms. The molecule has 0 aromatic heterocycles. The smallest absolute Gasteiger partial charge is 0.225 e. The molecule has 1 saturated carbocycles. The van der Waals surface area contributed by atoms with E-state index in [2.05, 4.69) is 13.8 Å². The van der Waals surface area contributed by atoms with Gasteiger partial charge in [-0.1, -0.05) is 32.0 Å². The van der Waals surface area contributed by atoms with Gasteiger partial charge < -0.3 is 0 Å². The zero-order chi connectivity index (χ0) is 18.4. The summed E-state index contributed by atoms with van der Waals surface area (Å²) in [5.41, 5.74) is 1.94. The lowest BCUT2D eigenvalue weighted by Crippen LogP contribution is -2.11. The third-order valence-corrected chi connectivity index (χ3v) is 6.28. The molecule has 0 amide bonds. The Bertz CT molecular complexity index is 892. The van der Waals surface area contributed by atoms with Crippen LogP contribution in [0.5, 0.6) is 0 Å².